The minimum absolute atomic E-state index is 0.593. The van der Waals surface area contributed by atoms with Gasteiger partial charge in [-0.2, -0.15) is 0 Å². The number of nitrogens with one attached hydrogen (secondary N) is 1. The number of aryl methyl sites for hydroxylation is 1. The highest BCUT2D eigenvalue weighted by Crippen LogP contribution is 2.28. The normalized spacial score (nSPS) is 19.6. The highest BCUT2D eigenvalue weighted by Gasteiger charge is 2.17. The van der Waals surface area contributed by atoms with Gasteiger partial charge in [-0.1, -0.05) is 44.5 Å². The number of fused-ring (bicyclic) bond motifs is 1. The van der Waals surface area contributed by atoms with Crippen molar-refractivity contribution in [2.24, 2.45) is 5.92 Å². The Morgan fingerprint density at radius 2 is 2.06 bits per heavy atom. The lowest BCUT2D eigenvalue weighted by Crippen LogP contribution is -2.23. The average Bonchev–Trinajstić information content (AvgIpc) is 2.57. The zero-order valence-corrected chi connectivity index (χ0v) is 11.9. The minimum Gasteiger partial charge on any atom is -0.310 e. The number of benzene rings is 1. The van der Waals surface area contributed by atoms with E-state index < -0.39 is 0 Å². The van der Waals surface area contributed by atoms with Crippen LogP contribution in [0.1, 0.15) is 63.1 Å². The van der Waals surface area contributed by atoms with Gasteiger partial charge < -0.3 is 5.32 Å². The smallest absolute Gasteiger partial charge is 0.0322 e. The standard InChI is InChI=1S/C17H27N/c1-14(2)8-7-13-18-17-12-6-4-10-15-9-3-5-11-16(15)17/h3,5,9,11,14,17-18H,4,6-8,10,12-13H2,1-2H3. The Hall–Kier alpha value is -0.820. The zero-order valence-electron chi connectivity index (χ0n) is 11.9. The Kier molecular flexibility index (Phi) is 5.25. The average molecular weight is 245 g/mol. The molecule has 1 N–H and O–H groups in total. The molecule has 2 rings (SSSR count). The molecule has 0 aromatic heterocycles. The van der Waals surface area contributed by atoms with Crippen molar-refractivity contribution in [2.75, 3.05) is 6.54 Å². The van der Waals surface area contributed by atoms with Crippen LogP contribution in [0.5, 0.6) is 0 Å². The molecular weight excluding hydrogens is 218 g/mol. The monoisotopic (exact) mass is 245 g/mol. The summed E-state index contributed by atoms with van der Waals surface area (Å²) in [6, 6.07) is 9.59. The molecule has 0 heterocycles. The predicted octanol–water partition coefficient (Wildman–Crippen LogP) is 4.48. The summed E-state index contributed by atoms with van der Waals surface area (Å²) in [6.07, 6.45) is 7.91. The maximum atomic E-state index is 3.77. The zero-order chi connectivity index (χ0) is 12.8. The maximum absolute atomic E-state index is 3.77. The van der Waals surface area contributed by atoms with E-state index in [1.807, 2.05) is 0 Å². The molecule has 1 heteroatoms. The van der Waals surface area contributed by atoms with Crippen molar-refractivity contribution < 1.29 is 0 Å². The van der Waals surface area contributed by atoms with Gasteiger partial charge in [-0.25, -0.2) is 0 Å². The second kappa shape index (κ2) is 6.94. The van der Waals surface area contributed by atoms with Gasteiger partial charge in [0.1, 0.15) is 0 Å². The lowest BCUT2D eigenvalue weighted by molar-refractivity contribution is 0.458. The topological polar surface area (TPSA) is 12.0 Å². The van der Waals surface area contributed by atoms with Crippen LogP contribution in [0.2, 0.25) is 0 Å². The molecule has 100 valence electrons. The fourth-order valence-electron chi connectivity index (χ4n) is 2.92. The first kappa shape index (κ1) is 13.6. The third kappa shape index (κ3) is 3.84. The summed E-state index contributed by atoms with van der Waals surface area (Å²) in [5.41, 5.74) is 3.12. The lowest BCUT2D eigenvalue weighted by atomic mass is 9.99. The Labute approximate surface area is 112 Å². The van der Waals surface area contributed by atoms with Crippen LogP contribution in [0, 0.1) is 5.92 Å². The first-order valence-corrected chi connectivity index (χ1v) is 7.58. The van der Waals surface area contributed by atoms with Gasteiger partial charge in [0.15, 0.2) is 0 Å². The summed E-state index contributed by atoms with van der Waals surface area (Å²) in [7, 11) is 0. The fourth-order valence-corrected chi connectivity index (χ4v) is 2.92. The second-order valence-corrected chi connectivity index (χ2v) is 5.99. The summed E-state index contributed by atoms with van der Waals surface area (Å²) < 4.78 is 0. The van der Waals surface area contributed by atoms with E-state index in [-0.39, 0.29) is 0 Å². The van der Waals surface area contributed by atoms with Gasteiger partial charge >= 0.3 is 0 Å². The molecule has 1 aliphatic carbocycles. The molecule has 1 aromatic carbocycles. The quantitative estimate of drug-likeness (QED) is 0.596. The van der Waals surface area contributed by atoms with Crippen LogP contribution >= 0.6 is 0 Å². The molecular formula is C17H27N. The molecule has 0 saturated heterocycles. The molecule has 18 heavy (non-hydrogen) atoms. The number of rotatable bonds is 5. The molecule has 0 aliphatic heterocycles. The fraction of sp³-hybridized carbons (Fsp3) is 0.647. The van der Waals surface area contributed by atoms with Crippen LogP contribution < -0.4 is 5.32 Å². The second-order valence-electron chi connectivity index (χ2n) is 5.99. The largest absolute Gasteiger partial charge is 0.310 e. The highest BCUT2D eigenvalue weighted by molar-refractivity contribution is 5.31. The molecule has 0 radical (unpaired) electrons. The highest BCUT2D eigenvalue weighted by atomic mass is 14.9. The molecule has 0 saturated carbocycles. The van der Waals surface area contributed by atoms with Gasteiger partial charge in [0.05, 0.1) is 0 Å². The number of hydrogen-bond acceptors (Lipinski definition) is 1. The number of hydrogen-bond donors (Lipinski definition) is 1. The molecule has 1 aromatic rings. The van der Waals surface area contributed by atoms with Crippen LogP contribution in [0.25, 0.3) is 0 Å². The molecule has 0 spiro atoms. The van der Waals surface area contributed by atoms with Gasteiger partial charge in [-0.05, 0) is 55.7 Å². The van der Waals surface area contributed by atoms with Crippen molar-refractivity contribution in [1.82, 2.24) is 5.32 Å². The molecule has 0 bridgehead atoms. The van der Waals surface area contributed by atoms with Gasteiger partial charge in [0.2, 0.25) is 0 Å². The van der Waals surface area contributed by atoms with Crippen LogP contribution in [0.15, 0.2) is 24.3 Å². The first-order valence-electron chi connectivity index (χ1n) is 7.58. The van der Waals surface area contributed by atoms with Gasteiger partial charge in [0.25, 0.3) is 0 Å². The Balaban J connectivity index is 1.91. The van der Waals surface area contributed by atoms with Gasteiger partial charge in [-0.15, -0.1) is 0 Å². The Morgan fingerprint density at radius 1 is 1.22 bits per heavy atom. The lowest BCUT2D eigenvalue weighted by Gasteiger charge is -2.19. The third-order valence-corrected chi connectivity index (χ3v) is 3.97. The van der Waals surface area contributed by atoms with Crippen molar-refractivity contribution in [1.29, 1.82) is 0 Å². The molecule has 1 unspecified atom stereocenters. The van der Waals surface area contributed by atoms with E-state index in [9.17, 15) is 0 Å². The minimum atomic E-state index is 0.593. The summed E-state index contributed by atoms with van der Waals surface area (Å²) in [6.45, 7) is 5.78. The van der Waals surface area contributed by atoms with Crippen molar-refractivity contribution in [3.63, 3.8) is 0 Å². The molecule has 1 atom stereocenters. The van der Waals surface area contributed by atoms with Crippen LogP contribution in [-0.2, 0) is 6.42 Å². The molecule has 0 amide bonds. The van der Waals surface area contributed by atoms with E-state index in [4.69, 9.17) is 0 Å². The summed E-state index contributed by atoms with van der Waals surface area (Å²) in [5.74, 6) is 0.827. The van der Waals surface area contributed by atoms with E-state index in [1.165, 1.54) is 38.5 Å². The van der Waals surface area contributed by atoms with Crippen LogP contribution in [0.3, 0.4) is 0 Å². The molecule has 0 fully saturated rings. The van der Waals surface area contributed by atoms with Crippen molar-refractivity contribution >= 4 is 0 Å². The van der Waals surface area contributed by atoms with E-state index in [2.05, 4.69) is 43.4 Å². The SMILES string of the molecule is CC(C)CCCNC1CCCCc2ccccc21. The molecule has 1 nitrogen and oxygen atoms in total. The van der Waals surface area contributed by atoms with E-state index in [0.717, 1.165) is 12.5 Å². The Morgan fingerprint density at radius 3 is 2.89 bits per heavy atom. The van der Waals surface area contributed by atoms with Crippen molar-refractivity contribution in [2.45, 2.75) is 58.4 Å². The molecule has 1 aliphatic rings. The third-order valence-electron chi connectivity index (χ3n) is 3.97. The van der Waals surface area contributed by atoms with Crippen molar-refractivity contribution in [3.8, 4) is 0 Å². The van der Waals surface area contributed by atoms with Crippen LogP contribution in [-0.4, -0.2) is 6.54 Å². The predicted molar refractivity (Wildman–Crippen MR) is 78.8 cm³/mol. The van der Waals surface area contributed by atoms with E-state index >= 15 is 0 Å². The van der Waals surface area contributed by atoms with Gasteiger partial charge in [0, 0.05) is 6.04 Å². The maximum Gasteiger partial charge on any atom is 0.0322 e. The van der Waals surface area contributed by atoms with Crippen molar-refractivity contribution in [3.05, 3.63) is 35.4 Å². The summed E-state index contributed by atoms with van der Waals surface area (Å²) in [5, 5.41) is 3.77. The van der Waals surface area contributed by atoms with E-state index in [0.29, 0.717) is 6.04 Å². The summed E-state index contributed by atoms with van der Waals surface area (Å²) in [4.78, 5) is 0. The first-order chi connectivity index (χ1) is 8.77. The summed E-state index contributed by atoms with van der Waals surface area (Å²) >= 11 is 0. The van der Waals surface area contributed by atoms with E-state index in [1.54, 1.807) is 11.1 Å². The van der Waals surface area contributed by atoms with Gasteiger partial charge in [-0.3, -0.25) is 0 Å². The Bertz CT molecular complexity index is 356. The van der Waals surface area contributed by atoms with Crippen LogP contribution in [0.4, 0.5) is 0 Å².